The first-order chi connectivity index (χ1) is 11.3. The van der Waals surface area contributed by atoms with Gasteiger partial charge < -0.3 is 9.57 Å². The molecule has 0 saturated carbocycles. The maximum atomic E-state index is 10.5. The number of benzene rings is 1. The number of nitrogens with zero attached hydrogens (tertiary/aromatic N) is 1. The Balaban J connectivity index is 1.98. The Morgan fingerprint density at radius 1 is 1.13 bits per heavy atom. The molecule has 0 aliphatic rings. The Morgan fingerprint density at radius 3 is 2.52 bits per heavy atom. The van der Waals surface area contributed by atoms with Crippen LogP contribution >= 0.6 is 0 Å². The SMILES string of the molecule is CCC(CCCCCCCOc1ccccc1)O/N=C(\C)C=O. The van der Waals surface area contributed by atoms with Crippen molar-refractivity contribution >= 4 is 12.0 Å². The third-order valence-electron chi connectivity index (χ3n) is 3.65. The van der Waals surface area contributed by atoms with Crippen molar-refractivity contribution in [2.45, 2.75) is 64.9 Å². The average Bonchev–Trinajstić information content (AvgIpc) is 2.60. The highest BCUT2D eigenvalue weighted by molar-refractivity contribution is 6.26. The number of unbranched alkanes of at least 4 members (excludes halogenated alkanes) is 4. The van der Waals surface area contributed by atoms with Crippen LogP contribution in [0.2, 0.25) is 0 Å². The van der Waals surface area contributed by atoms with Crippen LogP contribution < -0.4 is 4.74 Å². The number of ether oxygens (including phenoxy) is 1. The second kappa shape index (κ2) is 12.7. The summed E-state index contributed by atoms with van der Waals surface area (Å²) in [7, 11) is 0. The van der Waals surface area contributed by atoms with E-state index in [-0.39, 0.29) is 6.10 Å². The summed E-state index contributed by atoms with van der Waals surface area (Å²) < 4.78 is 5.67. The molecular weight excluding hydrogens is 290 g/mol. The number of hydrogen-bond donors (Lipinski definition) is 0. The Kier molecular flexibility index (Phi) is 10.6. The summed E-state index contributed by atoms with van der Waals surface area (Å²) in [5.41, 5.74) is 0.391. The molecule has 1 aromatic rings. The third kappa shape index (κ3) is 9.72. The second-order valence-electron chi connectivity index (χ2n) is 5.70. The summed E-state index contributed by atoms with van der Waals surface area (Å²) in [6, 6.07) is 9.94. The number of hydrogen-bond acceptors (Lipinski definition) is 4. The summed E-state index contributed by atoms with van der Waals surface area (Å²) in [4.78, 5) is 15.8. The average molecular weight is 319 g/mol. The van der Waals surface area contributed by atoms with Crippen LogP contribution in [0.4, 0.5) is 0 Å². The maximum Gasteiger partial charge on any atom is 0.167 e. The van der Waals surface area contributed by atoms with Gasteiger partial charge in [-0.25, -0.2) is 0 Å². The van der Waals surface area contributed by atoms with Crippen molar-refractivity contribution in [3.63, 3.8) is 0 Å². The zero-order chi connectivity index (χ0) is 16.8. The molecule has 1 unspecified atom stereocenters. The summed E-state index contributed by atoms with van der Waals surface area (Å²) in [6.07, 6.45) is 8.56. The van der Waals surface area contributed by atoms with Gasteiger partial charge in [-0.2, -0.15) is 0 Å². The first kappa shape index (κ1) is 19.2. The Labute approximate surface area is 139 Å². The second-order valence-corrected chi connectivity index (χ2v) is 5.70. The van der Waals surface area contributed by atoms with Crippen LogP contribution in [0.15, 0.2) is 35.5 Å². The van der Waals surface area contributed by atoms with E-state index in [0.29, 0.717) is 12.0 Å². The third-order valence-corrected chi connectivity index (χ3v) is 3.65. The molecule has 1 rings (SSSR count). The summed E-state index contributed by atoms with van der Waals surface area (Å²) >= 11 is 0. The van der Waals surface area contributed by atoms with E-state index in [1.807, 2.05) is 30.3 Å². The number of oxime groups is 1. The number of aldehydes is 1. The monoisotopic (exact) mass is 319 g/mol. The fourth-order valence-corrected chi connectivity index (χ4v) is 2.22. The molecule has 1 aromatic carbocycles. The van der Waals surface area contributed by atoms with E-state index in [1.165, 1.54) is 19.3 Å². The van der Waals surface area contributed by atoms with Crippen molar-refractivity contribution in [2.75, 3.05) is 6.61 Å². The molecule has 4 heteroatoms. The van der Waals surface area contributed by atoms with E-state index in [0.717, 1.165) is 38.0 Å². The normalized spacial score (nSPS) is 12.7. The minimum absolute atomic E-state index is 0.117. The number of carbonyl (C=O) groups excluding carboxylic acids is 1. The van der Waals surface area contributed by atoms with E-state index in [1.54, 1.807) is 6.92 Å². The zero-order valence-corrected chi connectivity index (χ0v) is 14.4. The van der Waals surface area contributed by atoms with Crippen LogP contribution in [0.25, 0.3) is 0 Å². The quantitative estimate of drug-likeness (QED) is 0.228. The molecule has 0 saturated heterocycles. The van der Waals surface area contributed by atoms with Gasteiger partial charge in [0.25, 0.3) is 0 Å². The zero-order valence-electron chi connectivity index (χ0n) is 14.4. The van der Waals surface area contributed by atoms with Crippen LogP contribution in [0.5, 0.6) is 5.75 Å². The lowest BCUT2D eigenvalue weighted by molar-refractivity contribution is -0.103. The molecule has 0 heterocycles. The molecule has 0 spiro atoms. The van der Waals surface area contributed by atoms with Crippen LogP contribution in [0.1, 0.15) is 58.8 Å². The van der Waals surface area contributed by atoms with Crippen molar-refractivity contribution in [1.29, 1.82) is 0 Å². The topological polar surface area (TPSA) is 47.9 Å². The van der Waals surface area contributed by atoms with Gasteiger partial charge in [-0.05, 0) is 44.7 Å². The Hall–Kier alpha value is -1.84. The van der Waals surface area contributed by atoms with Gasteiger partial charge in [0.1, 0.15) is 17.6 Å². The van der Waals surface area contributed by atoms with Crippen LogP contribution in [-0.2, 0) is 9.63 Å². The Morgan fingerprint density at radius 2 is 1.83 bits per heavy atom. The molecule has 1 atom stereocenters. The molecule has 0 fully saturated rings. The standard InChI is InChI=1S/C19H29NO3/c1-3-18(23-20-17(2)16-21)12-8-5-4-6-11-15-22-19-13-9-7-10-14-19/h7,9-10,13-14,16,18H,3-6,8,11-12,15H2,1-2H3/b20-17+. The van der Waals surface area contributed by atoms with E-state index in [2.05, 4.69) is 12.1 Å². The first-order valence-electron chi connectivity index (χ1n) is 8.59. The lowest BCUT2D eigenvalue weighted by Gasteiger charge is -2.12. The summed E-state index contributed by atoms with van der Waals surface area (Å²) in [5.74, 6) is 0.946. The first-order valence-corrected chi connectivity index (χ1v) is 8.59. The number of carbonyl (C=O) groups is 1. The van der Waals surface area contributed by atoms with Gasteiger partial charge in [0.2, 0.25) is 0 Å². The highest BCUT2D eigenvalue weighted by Gasteiger charge is 2.06. The molecule has 0 bridgehead atoms. The van der Waals surface area contributed by atoms with Gasteiger partial charge in [-0.15, -0.1) is 0 Å². The van der Waals surface area contributed by atoms with Crippen LogP contribution in [0, 0.1) is 0 Å². The highest BCUT2D eigenvalue weighted by Crippen LogP contribution is 2.13. The van der Waals surface area contributed by atoms with E-state index in [9.17, 15) is 4.79 Å². The fourth-order valence-electron chi connectivity index (χ4n) is 2.22. The van der Waals surface area contributed by atoms with Gasteiger partial charge in [0.15, 0.2) is 6.29 Å². The molecule has 0 radical (unpaired) electrons. The lowest BCUT2D eigenvalue weighted by atomic mass is 10.1. The predicted octanol–water partition coefficient (Wildman–Crippen LogP) is 4.78. The molecule has 23 heavy (non-hydrogen) atoms. The van der Waals surface area contributed by atoms with Crippen molar-refractivity contribution < 1.29 is 14.4 Å². The van der Waals surface area contributed by atoms with Gasteiger partial charge >= 0.3 is 0 Å². The van der Waals surface area contributed by atoms with Crippen molar-refractivity contribution in [3.8, 4) is 5.75 Å². The summed E-state index contributed by atoms with van der Waals surface area (Å²) in [6.45, 7) is 4.51. The minimum atomic E-state index is 0.117. The molecule has 0 aromatic heterocycles. The fraction of sp³-hybridized carbons (Fsp3) is 0.579. The maximum absolute atomic E-state index is 10.5. The van der Waals surface area contributed by atoms with Gasteiger partial charge in [0.05, 0.1) is 6.61 Å². The van der Waals surface area contributed by atoms with E-state index < -0.39 is 0 Å². The molecule has 0 aliphatic carbocycles. The van der Waals surface area contributed by atoms with Gasteiger partial charge in [-0.3, -0.25) is 4.79 Å². The van der Waals surface area contributed by atoms with Crippen molar-refractivity contribution in [2.24, 2.45) is 5.16 Å². The highest BCUT2D eigenvalue weighted by atomic mass is 16.6. The lowest BCUT2D eigenvalue weighted by Crippen LogP contribution is -2.09. The van der Waals surface area contributed by atoms with Crippen molar-refractivity contribution in [1.82, 2.24) is 0 Å². The minimum Gasteiger partial charge on any atom is -0.494 e. The van der Waals surface area contributed by atoms with Crippen LogP contribution in [-0.4, -0.2) is 24.7 Å². The van der Waals surface area contributed by atoms with E-state index >= 15 is 0 Å². The smallest absolute Gasteiger partial charge is 0.167 e. The Bertz CT molecular complexity index is 445. The van der Waals surface area contributed by atoms with Crippen molar-refractivity contribution in [3.05, 3.63) is 30.3 Å². The molecular formula is C19H29NO3. The number of rotatable bonds is 13. The largest absolute Gasteiger partial charge is 0.494 e. The molecule has 0 amide bonds. The summed E-state index contributed by atoms with van der Waals surface area (Å²) in [5, 5.41) is 3.81. The van der Waals surface area contributed by atoms with Gasteiger partial charge in [-0.1, -0.05) is 49.5 Å². The molecule has 0 aliphatic heterocycles. The van der Waals surface area contributed by atoms with Gasteiger partial charge in [0, 0.05) is 0 Å². The molecule has 4 nitrogen and oxygen atoms in total. The predicted molar refractivity (Wildman–Crippen MR) is 94.0 cm³/mol. The van der Waals surface area contributed by atoms with E-state index in [4.69, 9.17) is 9.57 Å². The molecule has 128 valence electrons. The molecule has 0 N–H and O–H groups in total. The number of para-hydroxylation sites is 1. The van der Waals surface area contributed by atoms with Crippen LogP contribution in [0.3, 0.4) is 0 Å².